The van der Waals surface area contributed by atoms with Gasteiger partial charge in [0, 0.05) is 58.0 Å². The Morgan fingerprint density at radius 2 is 1.69 bits per heavy atom. The zero-order chi connectivity index (χ0) is 24.6. The monoisotopic (exact) mass is 482 g/mol. The number of nitrogens with zero attached hydrogens (tertiary/aromatic N) is 3. The van der Waals surface area contributed by atoms with Gasteiger partial charge in [-0.1, -0.05) is 25.0 Å². The molecule has 1 aromatic carbocycles. The number of nitrogens with one attached hydrogen (secondary N) is 1. The van der Waals surface area contributed by atoms with Crippen LogP contribution >= 0.6 is 0 Å². The molecular formula is C28H42N4O3. The van der Waals surface area contributed by atoms with Crippen molar-refractivity contribution in [2.45, 2.75) is 76.9 Å². The smallest absolute Gasteiger partial charge is 0.410 e. The minimum atomic E-state index is -0.431. The summed E-state index contributed by atoms with van der Waals surface area (Å²) >= 11 is 0. The normalized spacial score (nSPS) is 23.5. The van der Waals surface area contributed by atoms with Crippen LogP contribution in [0.2, 0.25) is 0 Å². The van der Waals surface area contributed by atoms with E-state index in [0.29, 0.717) is 5.92 Å². The van der Waals surface area contributed by atoms with E-state index in [9.17, 15) is 9.59 Å². The van der Waals surface area contributed by atoms with E-state index >= 15 is 0 Å². The number of hydrogen-bond acceptors (Lipinski definition) is 5. The number of rotatable bonds is 4. The first-order chi connectivity index (χ1) is 16.7. The predicted molar refractivity (Wildman–Crippen MR) is 137 cm³/mol. The van der Waals surface area contributed by atoms with Gasteiger partial charge in [0.05, 0.1) is 5.41 Å². The first-order valence-corrected chi connectivity index (χ1v) is 13.6. The minimum Gasteiger partial charge on any atom is -0.444 e. The fourth-order valence-corrected chi connectivity index (χ4v) is 6.41. The summed E-state index contributed by atoms with van der Waals surface area (Å²) in [6.45, 7) is 13.8. The van der Waals surface area contributed by atoms with Crippen molar-refractivity contribution >= 4 is 17.7 Å². The molecule has 4 aliphatic rings. The van der Waals surface area contributed by atoms with Crippen molar-refractivity contribution in [1.29, 1.82) is 0 Å². The van der Waals surface area contributed by atoms with Crippen LogP contribution < -0.4 is 5.32 Å². The van der Waals surface area contributed by atoms with Gasteiger partial charge in [0.2, 0.25) is 5.91 Å². The molecule has 192 valence electrons. The number of amides is 2. The fraction of sp³-hybridized carbons (Fsp3) is 0.714. The molecule has 2 amide bonds. The summed E-state index contributed by atoms with van der Waals surface area (Å²) in [4.78, 5) is 32.0. The lowest BCUT2D eigenvalue weighted by Gasteiger charge is -2.39. The molecule has 3 heterocycles. The maximum atomic E-state index is 12.7. The van der Waals surface area contributed by atoms with Crippen molar-refractivity contribution < 1.29 is 14.3 Å². The first kappa shape index (κ1) is 24.6. The highest BCUT2D eigenvalue weighted by molar-refractivity contribution is 6.06. The van der Waals surface area contributed by atoms with Crippen molar-refractivity contribution in [2.75, 3.05) is 51.1 Å². The molecule has 3 fully saturated rings. The zero-order valence-electron chi connectivity index (χ0n) is 21.8. The van der Waals surface area contributed by atoms with Gasteiger partial charge >= 0.3 is 6.09 Å². The summed E-state index contributed by atoms with van der Waals surface area (Å²) in [5.74, 6) is 0.872. The Hall–Kier alpha value is -2.12. The summed E-state index contributed by atoms with van der Waals surface area (Å²) in [7, 11) is 0. The van der Waals surface area contributed by atoms with E-state index in [1.54, 1.807) is 0 Å². The van der Waals surface area contributed by atoms with Gasteiger partial charge in [0.25, 0.3) is 0 Å². The summed E-state index contributed by atoms with van der Waals surface area (Å²) < 4.78 is 5.53. The lowest BCUT2D eigenvalue weighted by molar-refractivity contribution is -0.120. The van der Waals surface area contributed by atoms with E-state index in [0.717, 1.165) is 96.6 Å². The van der Waals surface area contributed by atoms with Crippen molar-refractivity contribution in [3.8, 4) is 0 Å². The van der Waals surface area contributed by atoms with Crippen LogP contribution in [-0.2, 0) is 21.5 Å². The number of piperidine rings is 1. The molecule has 1 spiro atoms. The number of piperazine rings is 1. The Labute approximate surface area is 210 Å². The highest BCUT2D eigenvalue weighted by Crippen LogP contribution is 2.49. The average Bonchev–Trinajstić information content (AvgIpc) is 3.41. The molecule has 7 heteroatoms. The molecule has 0 unspecified atom stereocenters. The molecule has 7 nitrogen and oxygen atoms in total. The van der Waals surface area contributed by atoms with Crippen LogP contribution in [0.5, 0.6) is 0 Å². The fourth-order valence-electron chi connectivity index (χ4n) is 6.41. The zero-order valence-corrected chi connectivity index (χ0v) is 21.8. The molecule has 1 aliphatic carbocycles. The second-order valence-corrected chi connectivity index (χ2v) is 12.1. The van der Waals surface area contributed by atoms with Crippen molar-refractivity contribution in [3.63, 3.8) is 0 Å². The Bertz CT molecular complexity index is 934. The maximum Gasteiger partial charge on any atom is 0.410 e. The Kier molecular flexibility index (Phi) is 6.83. The van der Waals surface area contributed by atoms with E-state index in [-0.39, 0.29) is 17.4 Å². The summed E-state index contributed by atoms with van der Waals surface area (Å²) in [6.07, 6.45) is 6.23. The van der Waals surface area contributed by atoms with Gasteiger partial charge in [-0.2, -0.15) is 0 Å². The van der Waals surface area contributed by atoms with Crippen LogP contribution in [0.3, 0.4) is 0 Å². The third kappa shape index (κ3) is 5.36. The molecule has 2 saturated heterocycles. The second kappa shape index (κ2) is 9.74. The molecular weight excluding hydrogens is 440 g/mol. The van der Waals surface area contributed by atoms with E-state index < -0.39 is 5.60 Å². The summed E-state index contributed by atoms with van der Waals surface area (Å²) in [5.41, 5.74) is 2.91. The summed E-state index contributed by atoms with van der Waals surface area (Å²) in [6, 6.07) is 6.62. The van der Waals surface area contributed by atoms with E-state index in [2.05, 4.69) is 33.3 Å². The van der Waals surface area contributed by atoms with Crippen molar-refractivity contribution in [1.82, 2.24) is 14.7 Å². The van der Waals surface area contributed by atoms with Crippen LogP contribution in [0.25, 0.3) is 0 Å². The Balaban J connectivity index is 1.08. The molecule has 1 N–H and O–H groups in total. The van der Waals surface area contributed by atoms with Gasteiger partial charge in [0.1, 0.15) is 5.60 Å². The van der Waals surface area contributed by atoms with Crippen molar-refractivity contribution in [3.05, 3.63) is 29.3 Å². The number of carbonyl (C=O) groups excluding carboxylic acids is 2. The molecule has 1 aromatic rings. The van der Waals surface area contributed by atoms with Crippen LogP contribution in [0.15, 0.2) is 18.2 Å². The quantitative estimate of drug-likeness (QED) is 0.696. The Morgan fingerprint density at radius 1 is 1.03 bits per heavy atom. The number of anilines is 1. The van der Waals surface area contributed by atoms with E-state index in [1.807, 2.05) is 25.7 Å². The topological polar surface area (TPSA) is 65.1 Å². The number of carbonyl (C=O) groups is 2. The number of fused-ring (bicyclic) bond motifs is 2. The average molecular weight is 483 g/mol. The third-order valence-corrected chi connectivity index (χ3v) is 8.39. The number of benzene rings is 1. The molecule has 3 aliphatic heterocycles. The lowest BCUT2D eigenvalue weighted by Crippen LogP contribution is -2.49. The van der Waals surface area contributed by atoms with Crippen LogP contribution in [0.4, 0.5) is 10.5 Å². The maximum absolute atomic E-state index is 12.7. The second-order valence-electron chi connectivity index (χ2n) is 12.1. The van der Waals surface area contributed by atoms with Crippen LogP contribution in [-0.4, -0.2) is 78.1 Å². The van der Waals surface area contributed by atoms with Gasteiger partial charge in [-0.25, -0.2) is 4.79 Å². The lowest BCUT2D eigenvalue weighted by atomic mass is 9.79. The van der Waals surface area contributed by atoms with Gasteiger partial charge in [-0.15, -0.1) is 0 Å². The molecule has 1 saturated carbocycles. The Morgan fingerprint density at radius 3 is 2.34 bits per heavy atom. The minimum absolute atomic E-state index is 0.171. The molecule has 0 radical (unpaired) electrons. The number of likely N-dealkylation sites (tertiary alicyclic amines) is 1. The highest BCUT2D eigenvalue weighted by Gasteiger charge is 2.48. The molecule has 0 bridgehead atoms. The number of hydrogen-bond donors (Lipinski definition) is 1. The molecule has 0 aromatic heterocycles. The van der Waals surface area contributed by atoms with E-state index in [4.69, 9.17) is 4.74 Å². The van der Waals surface area contributed by atoms with Gasteiger partial charge < -0.3 is 19.9 Å². The number of ether oxygens (including phenoxy) is 1. The highest BCUT2D eigenvalue weighted by atomic mass is 16.6. The summed E-state index contributed by atoms with van der Waals surface area (Å²) in [5, 5.41) is 3.14. The van der Waals surface area contributed by atoms with Gasteiger partial charge in [0.15, 0.2) is 0 Å². The van der Waals surface area contributed by atoms with Crippen molar-refractivity contribution in [2.24, 2.45) is 5.92 Å². The van der Waals surface area contributed by atoms with Gasteiger partial charge in [-0.05, 0) is 69.6 Å². The van der Waals surface area contributed by atoms with Crippen LogP contribution in [0.1, 0.15) is 70.4 Å². The van der Waals surface area contributed by atoms with Crippen LogP contribution in [0, 0.1) is 5.92 Å². The molecule has 5 rings (SSSR count). The molecule has 35 heavy (non-hydrogen) atoms. The van der Waals surface area contributed by atoms with E-state index in [1.165, 1.54) is 11.1 Å². The SMILES string of the molecule is CC(C)(C)OC(=O)N1CCC(CN2CCN(Cc3ccc4c(c3)C3(CCCC3)C(=O)N4)CC2)CC1. The first-order valence-electron chi connectivity index (χ1n) is 13.6. The standard InChI is InChI=1S/C28H42N4O3/c1-27(2,3)35-26(34)32-12-8-21(9-13-32)19-30-14-16-31(17-15-30)20-22-6-7-24-23(18-22)28(25(33)29-24)10-4-5-11-28/h6-7,18,21H,4-5,8-17,19-20H2,1-3H3,(H,29,33). The molecule has 0 atom stereocenters. The largest absolute Gasteiger partial charge is 0.444 e. The third-order valence-electron chi connectivity index (χ3n) is 8.39. The predicted octanol–water partition coefficient (Wildman–Crippen LogP) is 4.22. The van der Waals surface area contributed by atoms with Gasteiger partial charge in [-0.3, -0.25) is 9.69 Å².